The minimum absolute atomic E-state index is 0.00709. The molecule has 1 aromatic heterocycles. The van der Waals surface area contributed by atoms with Gasteiger partial charge < -0.3 is 19.9 Å². The number of urea groups is 1. The zero-order valence-electron chi connectivity index (χ0n) is 13.0. The quantitative estimate of drug-likeness (QED) is 0.740. The Hall–Kier alpha value is -2.39. The van der Waals surface area contributed by atoms with E-state index in [4.69, 9.17) is 9.47 Å². The molecule has 0 fully saturated rings. The molecular weight excluding hydrogens is 320 g/mol. The second-order valence-corrected chi connectivity index (χ2v) is 5.77. The Morgan fingerprint density at radius 3 is 2.74 bits per heavy atom. The molecule has 2 aromatic rings. The van der Waals surface area contributed by atoms with Gasteiger partial charge >= 0.3 is 6.03 Å². The second kappa shape index (κ2) is 7.75. The zero-order chi connectivity index (χ0) is 16.8. The van der Waals surface area contributed by atoms with Crippen molar-refractivity contribution in [2.75, 3.05) is 26.1 Å². The van der Waals surface area contributed by atoms with E-state index >= 15 is 0 Å². The van der Waals surface area contributed by atoms with Crippen molar-refractivity contribution in [2.24, 2.45) is 0 Å². The first kappa shape index (κ1) is 17.0. The van der Waals surface area contributed by atoms with E-state index in [-0.39, 0.29) is 6.54 Å². The molecule has 0 spiro atoms. The number of amides is 2. The van der Waals surface area contributed by atoms with E-state index in [1.807, 2.05) is 0 Å². The molecule has 9 heteroatoms. The molecule has 23 heavy (non-hydrogen) atoms. The van der Waals surface area contributed by atoms with Gasteiger partial charge in [-0.3, -0.25) is 5.32 Å². The average molecular weight is 338 g/mol. The van der Waals surface area contributed by atoms with Gasteiger partial charge in [0.15, 0.2) is 0 Å². The average Bonchev–Trinajstić information content (AvgIpc) is 2.96. The third-order valence-corrected chi connectivity index (χ3v) is 3.75. The minimum Gasteiger partial charge on any atom is -0.497 e. The Morgan fingerprint density at radius 2 is 2.13 bits per heavy atom. The van der Waals surface area contributed by atoms with Gasteiger partial charge in [-0.05, 0) is 25.1 Å². The summed E-state index contributed by atoms with van der Waals surface area (Å²) in [4.78, 5) is 11.8. The number of benzene rings is 1. The maximum atomic E-state index is 11.8. The molecule has 3 N–H and O–H groups in total. The number of ether oxygens (including phenoxy) is 2. The Kier molecular flexibility index (Phi) is 5.72. The first-order valence-electron chi connectivity index (χ1n) is 6.78. The molecular formula is C14H18N4O4S. The monoisotopic (exact) mass is 338 g/mol. The fraction of sp³-hybridized carbons (Fsp3) is 0.357. The van der Waals surface area contributed by atoms with Crippen LogP contribution in [-0.2, 0) is 0 Å². The molecule has 0 aliphatic heterocycles. The summed E-state index contributed by atoms with van der Waals surface area (Å²) in [5.41, 5.74) is 0.527. The van der Waals surface area contributed by atoms with Crippen molar-refractivity contribution in [1.82, 2.24) is 15.5 Å². The van der Waals surface area contributed by atoms with Crippen LogP contribution in [0.4, 0.5) is 9.93 Å². The number of aryl methyl sites for hydroxylation is 1. The normalized spacial score (nSPS) is 11.7. The number of hydrogen-bond acceptors (Lipinski definition) is 7. The number of aliphatic hydroxyl groups excluding tert-OH is 1. The number of nitrogens with zero attached hydrogens (tertiary/aromatic N) is 2. The summed E-state index contributed by atoms with van der Waals surface area (Å²) in [6.45, 7) is 1.80. The molecule has 0 saturated heterocycles. The standard InChI is InChI=1S/C14H18N4O4S/c1-8-17-18-14(23-8)16-13(20)15-7-11(19)10-6-9(21-2)4-5-12(10)22-3/h4-6,11,19H,7H2,1-3H3,(H2,15,16,18,20)/t11-/m0/s1. The SMILES string of the molecule is COc1ccc(OC)c([C@@H](O)CNC(=O)Nc2nnc(C)s2)c1. The van der Waals surface area contributed by atoms with E-state index in [0.717, 1.165) is 5.01 Å². The number of nitrogens with one attached hydrogen (secondary N) is 2. The first-order valence-corrected chi connectivity index (χ1v) is 7.60. The van der Waals surface area contributed by atoms with Crippen molar-refractivity contribution < 1.29 is 19.4 Å². The Labute approximate surface area is 137 Å². The lowest BCUT2D eigenvalue weighted by Crippen LogP contribution is -2.32. The topological polar surface area (TPSA) is 106 Å². The van der Waals surface area contributed by atoms with Gasteiger partial charge in [-0.1, -0.05) is 11.3 Å². The molecule has 0 radical (unpaired) electrons. The van der Waals surface area contributed by atoms with Gasteiger partial charge in [-0.15, -0.1) is 10.2 Å². The molecule has 1 aromatic carbocycles. The van der Waals surface area contributed by atoms with E-state index in [9.17, 15) is 9.90 Å². The number of aliphatic hydroxyl groups is 1. The van der Waals surface area contributed by atoms with Crippen LogP contribution in [0.5, 0.6) is 11.5 Å². The molecule has 2 amide bonds. The van der Waals surface area contributed by atoms with Crippen LogP contribution in [0.15, 0.2) is 18.2 Å². The van der Waals surface area contributed by atoms with Gasteiger partial charge in [0.2, 0.25) is 5.13 Å². The highest BCUT2D eigenvalue weighted by molar-refractivity contribution is 7.15. The number of hydrogen-bond donors (Lipinski definition) is 3. The highest BCUT2D eigenvalue weighted by Crippen LogP contribution is 2.29. The fourth-order valence-electron chi connectivity index (χ4n) is 1.89. The van der Waals surface area contributed by atoms with Crippen molar-refractivity contribution in [1.29, 1.82) is 0 Å². The predicted octanol–water partition coefficient (Wildman–Crippen LogP) is 1.72. The van der Waals surface area contributed by atoms with Crippen LogP contribution in [0.1, 0.15) is 16.7 Å². The maximum Gasteiger partial charge on any atom is 0.321 e. The summed E-state index contributed by atoms with van der Waals surface area (Å²) in [6.07, 6.45) is -0.943. The van der Waals surface area contributed by atoms with Crippen LogP contribution < -0.4 is 20.1 Å². The van der Waals surface area contributed by atoms with Crippen molar-refractivity contribution in [3.8, 4) is 11.5 Å². The summed E-state index contributed by atoms with van der Waals surface area (Å²) < 4.78 is 10.3. The van der Waals surface area contributed by atoms with Crippen molar-refractivity contribution in [2.45, 2.75) is 13.0 Å². The minimum atomic E-state index is -0.943. The molecule has 0 aliphatic rings. The number of aromatic nitrogens is 2. The van der Waals surface area contributed by atoms with Crippen LogP contribution in [0.25, 0.3) is 0 Å². The maximum absolute atomic E-state index is 11.8. The molecule has 1 heterocycles. The number of carbonyl (C=O) groups excluding carboxylic acids is 1. The highest BCUT2D eigenvalue weighted by Gasteiger charge is 2.16. The lowest BCUT2D eigenvalue weighted by Gasteiger charge is -2.16. The van der Waals surface area contributed by atoms with Crippen LogP contribution in [0.2, 0.25) is 0 Å². The van der Waals surface area contributed by atoms with Gasteiger partial charge in [0.1, 0.15) is 22.6 Å². The third kappa shape index (κ3) is 4.54. The van der Waals surface area contributed by atoms with Crippen molar-refractivity contribution >= 4 is 22.5 Å². The molecule has 0 bridgehead atoms. The molecule has 0 unspecified atom stereocenters. The van der Waals surface area contributed by atoms with E-state index in [0.29, 0.717) is 22.2 Å². The molecule has 1 atom stereocenters. The predicted molar refractivity (Wildman–Crippen MR) is 86.2 cm³/mol. The molecule has 0 saturated carbocycles. The van der Waals surface area contributed by atoms with E-state index in [1.54, 1.807) is 25.1 Å². The zero-order valence-corrected chi connectivity index (χ0v) is 13.8. The first-order chi connectivity index (χ1) is 11.0. The second-order valence-electron chi connectivity index (χ2n) is 4.58. The number of methoxy groups -OCH3 is 2. The molecule has 124 valence electrons. The van der Waals surface area contributed by atoms with Crippen LogP contribution in [0, 0.1) is 6.92 Å². The van der Waals surface area contributed by atoms with Gasteiger partial charge in [0, 0.05) is 12.1 Å². The lowest BCUT2D eigenvalue weighted by molar-refractivity contribution is 0.170. The summed E-state index contributed by atoms with van der Waals surface area (Å²) in [7, 11) is 3.05. The Morgan fingerprint density at radius 1 is 1.35 bits per heavy atom. The third-order valence-electron chi connectivity index (χ3n) is 3.00. The van der Waals surface area contributed by atoms with Crippen LogP contribution in [0.3, 0.4) is 0 Å². The fourth-order valence-corrected chi connectivity index (χ4v) is 2.47. The summed E-state index contributed by atoms with van der Waals surface area (Å²) in [5, 5.41) is 24.1. The van der Waals surface area contributed by atoms with E-state index < -0.39 is 12.1 Å². The van der Waals surface area contributed by atoms with Crippen molar-refractivity contribution in [3.63, 3.8) is 0 Å². The highest BCUT2D eigenvalue weighted by atomic mass is 32.1. The number of carbonyl (C=O) groups is 1. The van der Waals surface area contributed by atoms with Crippen molar-refractivity contribution in [3.05, 3.63) is 28.8 Å². The number of rotatable bonds is 6. The smallest absolute Gasteiger partial charge is 0.321 e. The van der Waals surface area contributed by atoms with Gasteiger partial charge in [0.25, 0.3) is 0 Å². The summed E-state index contributed by atoms with van der Waals surface area (Å²) in [5.74, 6) is 1.11. The largest absolute Gasteiger partial charge is 0.497 e. The number of anilines is 1. The van der Waals surface area contributed by atoms with Gasteiger partial charge in [0.05, 0.1) is 14.2 Å². The summed E-state index contributed by atoms with van der Waals surface area (Å²) in [6, 6.07) is 4.62. The van der Waals surface area contributed by atoms with E-state index in [1.165, 1.54) is 25.6 Å². The summed E-state index contributed by atoms with van der Waals surface area (Å²) >= 11 is 1.26. The molecule has 2 rings (SSSR count). The van der Waals surface area contributed by atoms with Gasteiger partial charge in [-0.25, -0.2) is 4.79 Å². The van der Waals surface area contributed by atoms with E-state index in [2.05, 4.69) is 20.8 Å². The Bertz CT molecular complexity index is 677. The van der Waals surface area contributed by atoms with Gasteiger partial charge in [-0.2, -0.15) is 0 Å². The van der Waals surface area contributed by atoms with Crippen LogP contribution in [-0.4, -0.2) is 42.1 Å². The molecule has 0 aliphatic carbocycles. The molecule has 8 nitrogen and oxygen atoms in total. The van der Waals surface area contributed by atoms with Crippen LogP contribution >= 0.6 is 11.3 Å². The lowest BCUT2D eigenvalue weighted by atomic mass is 10.1. The Balaban J connectivity index is 1.96.